The van der Waals surface area contributed by atoms with Gasteiger partial charge in [0.15, 0.2) is 0 Å². The van der Waals surface area contributed by atoms with Gasteiger partial charge in [0.05, 0.1) is 6.04 Å². The number of nitrogens with zero attached hydrogens (tertiary/aromatic N) is 1. The molecule has 7 nitrogen and oxygen atoms in total. The van der Waals surface area contributed by atoms with Gasteiger partial charge in [-0.1, -0.05) is 74.0 Å². The van der Waals surface area contributed by atoms with E-state index in [0.717, 1.165) is 22.6 Å². The number of amides is 1. The topological polar surface area (TPSA) is 85.3 Å². The van der Waals surface area contributed by atoms with Crippen molar-refractivity contribution in [3.05, 3.63) is 71.8 Å². The number of carbonyl (C=O) groups excluding carboxylic acids is 2. The zero-order valence-electron chi connectivity index (χ0n) is 16.5. The first-order chi connectivity index (χ1) is 14.1. The third kappa shape index (κ3) is 7.83. The van der Waals surface area contributed by atoms with Crippen molar-refractivity contribution in [2.75, 3.05) is 6.61 Å². The summed E-state index contributed by atoms with van der Waals surface area (Å²) in [5.74, 6) is 0. The minimum Gasteiger partial charge on any atom is -0.442 e. The molecule has 2 aromatic carbocycles. The predicted molar refractivity (Wildman–Crippen MR) is 107 cm³/mol. The van der Waals surface area contributed by atoms with Gasteiger partial charge < -0.3 is 14.6 Å². The number of rotatable bonds is 9. The summed E-state index contributed by atoms with van der Waals surface area (Å²) >= 11 is 0. The van der Waals surface area contributed by atoms with Crippen molar-refractivity contribution in [3.8, 4) is 0 Å². The monoisotopic (exact) mass is 401 g/mol. The summed E-state index contributed by atoms with van der Waals surface area (Å²) in [6, 6.07) is 17.8. The Bertz CT molecular complexity index is 731. The Morgan fingerprint density at radius 1 is 0.897 bits per heavy atom. The third-order valence-corrected chi connectivity index (χ3v) is 4.17. The molecule has 0 aliphatic heterocycles. The maximum Gasteiger partial charge on any atom is 0.533 e. The van der Waals surface area contributed by atoms with Crippen LogP contribution < -0.4 is 0 Å². The van der Waals surface area contributed by atoms with Gasteiger partial charge >= 0.3 is 12.2 Å². The molecule has 29 heavy (non-hydrogen) atoms. The van der Waals surface area contributed by atoms with Crippen molar-refractivity contribution >= 4 is 12.2 Å². The molecule has 1 amide bonds. The Morgan fingerprint density at radius 2 is 1.45 bits per heavy atom. The molecule has 156 valence electrons. The number of hydrogen-bond donors (Lipinski definition) is 1. The van der Waals surface area contributed by atoms with Gasteiger partial charge in [-0.05, 0) is 24.0 Å². The van der Waals surface area contributed by atoms with Gasteiger partial charge in [0.1, 0.15) is 13.2 Å². The van der Waals surface area contributed by atoms with Crippen LogP contribution in [0.15, 0.2) is 60.7 Å². The normalized spacial score (nSPS) is 11.4. The Morgan fingerprint density at radius 3 is 1.97 bits per heavy atom. The molecule has 0 aromatic heterocycles. The number of hydrogen-bond acceptors (Lipinski definition) is 6. The molecule has 0 aliphatic rings. The van der Waals surface area contributed by atoms with Crippen molar-refractivity contribution in [1.29, 1.82) is 0 Å². The van der Waals surface area contributed by atoms with E-state index in [2.05, 4.69) is 0 Å². The van der Waals surface area contributed by atoms with Crippen molar-refractivity contribution in [3.63, 3.8) is 0 Å². The highest BCUT2D eigenvalue weighted by Crippen LogP contribution is 2.16. The van der Waals surface area contributed by atoms with E-state index in [1.54, 1.807) is 0 Å². The molecule has 2 rings (SSSR count). The van der Waals surface area contributed by atoms with Crippen molar-refractivity contribution in [2.24, 2.45) is 0 Å². The molecule has 7 heteroatoms. The van der Waals surface area contributed by atoms with Gasteiger partial charge in [-0.2, -0.15) is 0 Å². The standard InChI is InChI=1S/C22H27NO6/c1-2-9-20(14-15-24)23(21(25)27-16-18-10-5-3-6-11-18)29-22(26)28-17-19-12-7-4-8-13-19/h3-8,10-13,20,24H,2,9,14-17H2,1H3/t20-/m0/s1. The smallest absolute Gasteiger partial charge is 0.442 e. The molecule has 0 aliphatic carbocycles. The van der Waals surface area contributed by atoms with Crippen LogP contribution in [0, 0.1) is 0 Å². The Labute approximate surface area is 170 Å². The molecule has 0 saturated carbocycles. The Kier molecular flexibility index (Phi) is 9.51. The summed E-state index contributed by atoms with van der Waals surface area (Å²) in [7, 11) is 0. The zero-order chi connectivity index (χ0) is 20.9. The molecule has 0 unspecified atom stereocenters. The maximum atomic E-state index is 12.6. The summed E-state index contributed by atoms with van der Waals surface area (Å²) < 4.78 is 10.4. The van der Waals surface area contributed by atoms with Crippen LogP contribution in [-0.2, 0) is 27.5 Å². The van der Waals surface area contributed by atoms with E-state index in [1.807, 2.05) is 67.6 Å². The first-order valence-corrected chi connectivity index (χ1v) is 9.63. The number of aliphatic hydroxyl groups excluding tert-OH is 1. The summed E-state index contributed by atoms with van der Waals surface area (Å²) in [6.07, 6.45) is -0.301. The van der Waals surface area contributed by atoms with Crippen LogP contribution in [0.4, 0.5) is 9.59 Å². The molecule has 0 spiro atoms. The maximum absolute atomic E-state index is 12.6. The molecule has 1 N–H and O–H groups in total. The lowest BCUT2D eigenvalue weighted by Crippen LogP contribution is -2.42. The predicted octanol–water partition coefficient (Wildman–Crippen LogP) is 4.44. The van der Waals surface area contributed by atoms with Gasteiger partial charge in [0.2, 0.25) is 0 Å². The summed E-state index contributed by atoms with van der Waals surface area (Å²) in [5.41, 5.74) is 1.60. The molecule has 0 bridgehead atoms. The Hall–Kier alpha value is -3.06. The summed E-state index contributed by atoms with van der Waals surface area (Å²) in [5, 5.41) is 10.2. The van der Waals surface area contributed by atoms with Crippen LogP contribution in [0.3, 0.4) is 0 Å². The number of benzene rings is 2. The molecule has 0 saturated heterocycles. The van der Waals surface area contributed by atoms with E-state index in [9.17, 15) is 14.7 Å². The van der Waals surface area contributed by atoms with Crippen LogP contribution >= 0.6 is 0 Å². The molecular weight excluding hydrogens is 374 g/mol. The number of ether oxygens (including phenoxy) is 2. The Balaban J connectivity index is 2.00. The van der Waals surface area contributed by atoms with Gasteiger partial charge in [0, 0.05) is 6.61 Å². The minimum atomic E-state index is -1.01. The average molecular weight is 401 g/mol. The van der Waals surface area contributed by atoms with Crippen molar-refractivity contribution in [1.82, 2.24) is 5.06 Å². The molecule has 2 aromatic rings. The molecule has 0 heterocycles. The van der Waals surface area contributed by atoms with E-state index in [4.69, 9.17) is 14.3 Å². The fourth-order valence-electron chi connectivity index (χ4n) is 2.73. The number of hydroxylamine groups is 2. The zero-order valence-corrected chi connectivity index (χ0v) is 16.5. The van der Waals surface area contributed by atoms with Gasteiger partial charge in [0.25, 0.3) is 0 Å². The van der Waals surface area contributed by atoms with Crippen LogP contribution in [0.5, 0.6) is 0 Å². The highest BCUT2D eigenvalue weighted by Gasteiger charge is 2.29. The highest BCUT2D eigenvalue weighted by atomic mass is 16.8. The van der Waals surface area contributed by atoms with Crippen LogP contribution in [0.25, 0.3) is 0 Å². The fourth-order valence-corrected chi connectivity index (χ4v) is 2.73. The first kappa shape index (κ1) is 22.2. The highest BCUT2D eigenvalue weighted by molar-refractivity contribution is 5.70. The van der Waals surface area contributed by atoms with Gasteiger partial charge in [-0.25, -0.2) is 9.59 Å². The molecule has 0 fully saturated rings. The third-order valence-electron chi connectivity index (χ3n) is 4.17. The molecule has 1 atom stereocenters. The number of carbonyl (C=O) groups is 2. The van der Waals surface area contributed by atoms with E-state index in [0.29, 0.717) is 6.42 Å². The van der Waals surface area contributed by atoms with Crippen LogP contribution in [0.2, 0.25) is 0 Å². The van der Waals surface area contributed by atoms with Crippen molar-refractivity contribution in [2.45, 2.75) is 45.4 Å². The minimum absolute atomic E-state index is 0.0189. The summed E-state index contributed by atoms with van der Waals surface area (Å²) in [4.78, 5) is 29.9. The van der Waals surface area contributed by atoms with Crippen LogP contribution in [-0.4, -0.2) is 35.1 Å². The van der Waals surface area contributed by atoms with E-state index < -0.39 is 18.3 Å². The average Bonchev–Trinajstić information content (AvgIpc) is 2.76. The van der Waals surface area contributed by atoms with Crippen molar-refractivity contribution < 1.29 is 29.0 Å². The molecular formula is C22H27NO6. The lowest BCUT2D eigenvalue weighted by atomic mass is 10.1. The quantitative estimate of drug-likeness (QED) is 0.494. The molecule has 0 radical (unpaired) electrons. The number of aliphatic hydroxyl groups is 1. The van der Waals surface area contributed by atoms with E-state index in [-0.39, 0.29) is 26.2 Å². The fraction of sp³-hybridized carbons (Fsp3) is 0.364. The lowest BCUT2D eigenvalue weighted by molar-refractivity contribution is -0.141. The van der Waals surface area contributed by atoms with Gasteiger partial charge in [-0.15, -0.1) is 5.06 Å². The second-order valence-corrected chi connectivity index (χ2v) is 6.44. The summed E-state index contributed by atoms with van der Waals surface area (Å²) in [6.45, 7) is 1.84. The van der Waals surface area contributed by atoms with Crippen LogP contribution in [0.1, 0.15) is 37.3 Å². The first-order valence-electron chi connectivity index (χ1n) is 9.63. The lowest BCUT2D eigenvalue weighted by Gasteiger charge is -2.28. The second-order valence-electron chi connectivity index (χ2n) is 6.44. The van der Waals surface area contributed by atoms with E-state index in [1.165, 1.54) is 0 Å². The van der Waals surface area contributed by atoms with Gasteiger partial charge in [-0.3, -0.25) is 4.84 Å². The van der Waals surface area contributed by atoms with E-state index >= 15 is 0 Å². The second kappa shape index (κ2) is 12.4. The largest absolute Gasteiger partial charge is 0.533 e. The SMILES string of the molecule is CCC[C@@H](CCO)N(OC(=O)OCc1ccccc1)C(=O)OCc1ccccc1.